The smallest absolute Gasteiger partial charge is 0.312 e. The van der Waals surface area contributed by atoms with Crippen LogP contribution >= 0.6 is 23.2 Å². The molecule has 0 N–H and O–H groups in total. The maximum absolute atomic E-state index is 11.2. The van der Waals surface area contributed by atoms with Crippen LogP contribution < -0.4 is 4.74 Å². The number of benzene rings is 2. The average Bonchev–Trinajstić information content (AvgIpc) is 2.82. The molecule has 3 aromatic rings. The van der Waals surface area contributed by atoms with E-state index < -0.39 is 4.92 Å². The SMILES string of the molecule is Cc1noc2cc(Oc3ccc(Cl)cc3Cl)c([N+](=O)[O-])cc12. The van der Waals surface area contributed by atoms with Gasteiger partial charge in [0.2, 0.25) is 5.75 Å². The van der Waals surface area contributed by atoms with E-state index >= 15 is 0 Å². The Morgan fingerprint density at radius 3 is 2.68 bits per heavy atom. The predicted octanol–water partition coefficient (Wildman–Crippen LogP) is 5.14. The molecule has 0 aliphatic heterocycles. The molecule has 0 aliphatic rings. The summed E-state index contributed by atoms with van der Waals surface area (Å²) in [7, 11) is 0. The second-order valence-electron chi connectivity index (χ2n) is 4.52. The molecule has 0 atom stereocenters. The van der Waals surface area contributed by atoms with Crippen LogP contribution in [-0.4, -0.2) is 10.1 Å². The number of fused-ring (bicyclic) bond motifs is 1. The molecule has 1 heterocycles. The van der Waals surface area contributed by atoms with Gasteiger partial charge < -0.3 is 9.26 Å². The summed E-state index contributed by atoms with van der Waals surface area (Å²) in [6.45, 7) is 1.70. The topological polar surface area (TPSA) is 78.4 Å². The van der Waals surface area contributed by atoms with E-state index in [4.69, 9.17) is 32.5 Å². The van der Waals surface area contributed by atoms with Crippen LogP contribution in [0.1, 0.15) is 5.69 Å². The fourth-order valence-electron chi connectivity index (χ4n) is 1.98. The highest BCUT2D eigenvalue weighted by atomic mass is 35.5. The van der Waals surface area contributed by atoms with E-state index in [1.165, 1.54) is 24.3 Å². The molecule has 0 aliphatic carbocycles. The molecule has 0 radical (unpaired) electrons. The minimum atomic E-state index is -0.537. The number of hydrogen-bond acceptors (Lipinski definition) is 5. The molecule has 8 heteroatoms. The number of nitro groups is 1. The van der Waals surface area contributed by atoms with Gasteiger partial charge in [0.15, 0.2) is 5.58 Å². The van der Waals surface area contributed by atoms with Gasteiger partial charge in [-0.15, -0.1) is 0 Å². The monoisotopic (exact) mass is 338 g/mol. The Labute approximate surface area is 134 Å². The number of rotatable bonds is 3. The van der Waals surface area contributed by atoms with Gasteiger partial charge in [-0.2, -0.15) is 0 Å². The predicted molar refractivity (Wildman–Crippen MR) is 81.9 cm³/mol. The standard InChI is InChI=1S/C14H8Cl2N2O4/c1-7-9-5-11(18(19)20)14(6-13(9)22-17-7)21-12-3-2-8(15)4-10(12)16/h2-6H,1H3. The number of nitro benzene ring substituents is 1. The van der Waals surface area contributed by atoms with Crippen molar-refractivity contribution < 1.29 is 14.2 Å². The van der Waals surface area contributed by atoms with Crippen LogP contribution in [0.2, 0.25) is 10.0 Å². The Morgan fingerprint density at radius 2 is 2.00 bits per heavy atom. The minimum Gasteiger partial charge on any atom is -0.448 e. The molecular weight excluding hydrogens is 331 g/mol. The number of hydrogen-bond donors (Lipinski definition) is 0. The first-order valence-electron chi connectivity index (χ1n) is 6.13. The average molecular weight is 339 g/mol. The number of nitrogens with zero attached hydrogens (tertiary/aromatic N) is 2. The van der Waals surface area contributed by atoms with Crippen molar-refractivity contribution in [1.82, 2.24) is 5.16 Å². The van der Waals surface area contributed by atoms with Gasteiger partial charge in [-0.1, -0.05) is 28.4 Å². The van der Waals surface area contributed by atoms with Crippen molar-refractivity contribution in [3.05, 3.63) is 56.2 Å². The van der Waals surface area contributed by atoms with E-state index in [9.17, 15) is 10.1 Å². The fourth-order valence-corrected chi connectivity index (χ4v) is 2.42. The highest BCUT2D eigenvalue weighted by molar-refractivity contribution is 6.35. The quantitative estimate of drug-likeness (QED) is 0.487. The van der Waals surface area contributed by atoms with Crippen LogP contribution in [0.4, 0.5) is 5.69 Å². The summed E-state index contributed by atoms with van der Waals surface area (Å²) in [6, 6.07) is 7.37. The maximum Gasteiger partial charge on any atom is 0.312 e. The molecule has 6 nitrogen and oxygen atoms in total. The number of aryl methyl sites for hydroxylation is 1. The molecule has 112 valence electrons. The van der Waals surface area contributed by atoms with Crippen molar-refractivity contribution in [3.63, 3.8) is 0 Å². The van der Waals surface area contributed by atoms with Crippen LogP contribution in [0.25, 0.3) is 11.0 Å². The summed E-state index contributed by atoms with van der Waals surface area (Å²) in [5.41, 5.74) is 0.752. The van der Waals surface area contributed by atoms with Crippen LogP contribution in [0.3, 0.4) is 0 Å². The Kier molecular flexibility index (Phi) is 3.64. The third kappa shape index (κ3) is 2.58. The number of aromatic nitrogens is 1. The Bertz CT molecular complexity index is 892. The van der Waals surface area contributed by atoms with Crippen molar-refractivity contribution in [2.24, 2.45) is 0 Å². The Hall–Kier alpha value is -2.31. The van der Waals surface area contributed by atoms with E-state index in [1.807, 2.05) is 0 Å². The lowest BCUT2D eigenvalue weighted by molar-refractivity contribution is -0.385. The Morgan fingerprint density at radius 1 is 1.23 bits per heavy atom. The van der Waals surface area contributed by atoms with Crippen LogP contribution in [0, 0.1) is 17.0 Å². The van der Waals surface area contributed by atoms with E-state index in [0.29, 0.717) is 21.7 Å². The summed E-state index contributed by atoms with van der Waals surface area (Å²) in [5.74, 6) is 0.266. The molecule has 0 saturated carbocycles. The van der Waals surface area contributed by atoms with Gasteiger partial charge in [0, 0.05) is 17.2 Å². The van der Waals surface area contributed by atoms with Gasteiger partial charge >= 0.3 is 5.69 Å². The van der Waals surface area contributed by atoms with Gasteiger partial charge in [0.05, 0.1) is 21.0 Å². The van der Waals surface area contributed by atoms with Crippen LogP contribution in [0.5, 0.6) is 11.5 Å². The molecule has 0 bridgehead atoms. The van der Waals surface area contributed by atoms with Gasteiger partial charge in [0.1, 0.15) is 5.75 Å². The molecule has 0 spiro atoms. The van der Waals surface area contributed by atoms with Gasteiger partial charge in [-0.05, 0) is 25.1 Å². The second-order valence-corrected chi connectivity index (χ2v) is 5.36. The number of ether oxygens (including phenoxy) is 1. The van der Waals surface area contributed by atoms with E-state index in [2.05, 4.69) is 5.16 Å². The van der Waals surface area contributed by atoms with Gasteiger partial charge in [-0.3, -0.25) is 10.1 Å². The molecule has 1 aromatic heterocycles. The summed E-state index contributed by atoms with van der Waals surface area (Å²) >= 11 is 11.8. The Balaban J connectivity index is 2.12. The first-order chi connectivity index (χ1) is 10.5. The zero-order valence-corrected chi connectivity index (χ0v) is 12.7. The van der Waals surface area contributed by atoms with Crippen molar-refractivity contribution in [3.8, 4) is 11.5 Å². The molecule has 0 unspecified atom stereocenters. The van der Waals surface area contributed by atoms with Gasteiger partial charge in [0.25, 0.3) is 0 Å². The van der Waals surface area contributed by atoms with Crippen LogP contribution in [-0.2, 0) is 0 Å². The van der Waals surface area contributed by atoms with Crippen molar-refractivity contribution in [1.29, 1.82) is 0 Å². The highest BCUT2D eigenvalue weighted by Crippen LogP contribution is 2.39. The lowest BCUT2D eigenvalue weighted by Crippen LogP contribution is -1.94. The molecule has 0 amide bonds. The fraction of sp³-hybridized carbons (Fsp3) is 0.0714. The van der Waals surface area contributed by atoms with Crippen molar-refractivity contribution in [2.45, 2.75) is 6.92 Å². The van der Waals surface area contributed by atoms with Crippen LogP contribution in [0.15, 0.2) is 34.9 Å². The number of halogens is 2. The molecule has 0 fully saturated rings. The van der Waals surface area contributed by atoms with Crippen molar-refractivity contribution in [2.75, 3.05) is 0 Å². The van der Waals surface area contributed by atoms with Crippen molar-refractivity contribution >= 4 is 39.9 Å². The zero-order valence-electron chi connectivity index (χ0n) is 11.2. The first-order valence-corrected chi connectivity index (χ1v) is 6.88. The van der Waals surface area contributed by atoms with Gasteiger partial charge in [-0.25, -0.2) is 0 Å². The van der Waals surface area contributed by atoms with E-state index in [-0.39, 0.29) is 22.2 Å². The molecular formula is C14H8Cl2N2O4. The van der Waals surface area contributed by atoms with E-state index in [0.717, 1.165) is 0 Å². The second kappa shape index (κ2) is 5.47. The largest absolute Gasteiger partial charge is 0.448 e. The lowest BCUT2D eigenvalue weighted by Gasteiger charge is -2.08. The van der Waals surface area contributed by atoms with E-state index in [1.54, 1.807) is 13.0 Å². The summed E-state index contributed by atoms with van der Waals surface area (Å²) in [4.78, 5) is 10.7. The summed E-state index contributed by atoms with van der Waals surface area (Å²) in [5, 5.41) is 16.3. The molecule has 3 rings (SSSR count). The third-order valence-electron chi connectivity index (χ3n) is 3.04. The lowest BCUT2D eigenvalue weighted by atomic mass is 10.2. The molecule has 0 saturated heterocycles. The summed E-state index contributed by atoms with van der Waals surface area (Å²) in [6.07, 6.45) is 0. The normalized spacial score (nSPS) is 10.9. The third-order valence-corrected chi connectivity index (χ3v) is 3.57. The zero-order chi connectivity index (χ0) is 15.9. The first kappa shape index (κ1) is 14.6. The minimum absolute atomic E-state index is 0.0119. The summed E-state index contributed by atoms with van der Waals surface area (Å²) < 4.78 is 10.7. The highest BCUT2D eigenvalue weighted by Gasteiger charge is 2.21. The molecule has 2 aromatic carbocycles. The molecule has 22 heavy (non-hydrogen) atoms. The maximum atomic E-state index is 11.2.